The van der Waals surface area contributed by atoms with E-state index >= 15 is 0 Å². The topological polar surface area (TPSA) is 9.23 Å². The van der Waals surface area contributed by atoms with E-state index in [0.29, 0.717) is 6.10 Å². The van der Waals surface area contributed by atoms with Crippen LogP contribution in [0.1, 0.15) is 111 Å². The zero-order valence-corrected chi connectivity index (χ0v) is 15.7. The molecule has 0 heterocycles. The molecule has 132 valence electrons. The van der Waals surface area contributed by atoms with Crippen molar-refractivity contribution in [3.8, 4) is 0 Å². The molecule has 22 heavy (non-hydrogen) atoms. The molecule has 0 amide bonds. The largest absolute Gasteiger partial charge is 0.379 e. The van der Waals surface area contributed by atoms with Gasteiger partial charge in [-0.05, 0) is 45.4 Å². The summed E-state index contributed by atoms with van der Waals surface area (Å²) in [6, 6.07) is 0. The molecule has 1 nitrogen and oxygen atoms in total. The molecule has 0 aliphatic rings. The van der Waals surface area contributed by atoms with Crippen LogP contribution in [-0.2, 0) is 4.74 Å². The molecule has 1 unspecified atom stereocenters. The van der Waals surface area contributed by atoms with Crippen LogP contribution >= 0.6 is 0 Å². The molecule has 0 radical (unpaired) electrons. The molecule has 1 atom stereocenters. The Morgan fingerprint density at radius 1 is 0.682 bits per heavy atom. The van der Waals surface area contributed by atoms with Gasteiger partial charge in [-0.2, -0.15) is 0 Å². The summed E-state index contributed by atoms with van der Waals surface area (Å²) in [5, 5.41) is 0. The summed E-state index contributed by atoms with van der Waals surface area (Å²) in [5.74, 6) is 0. The molecule has 0 saturated heterocycles. The van der Waals surface area contributed by atoms with E-state index in [9.17, 15) is 0 Å². The Balaban J connectivity index is 3.16. The quantitative estimate of drug-likeness (QED) is 0.200. The third kappa shape index (κ3) is 17.8. The van der Waals surface area contributed by atoms with E-state index in [4.69, 9.17) is 4.74 Å². The monoisotopic (exact) mass is 310 g/mol. The molecule has 0 aliphatic heterocycles. The van der Waals surface area contributed by atoms with Gasteiger partial charge in [-0.15, -0.1) is 0 Å². The number of unbranched alkanes of at least 4 members (excludes halogenated alkanes) is 10. The minimum atomic E-state index is 0.454. The molecule has 1 heteroatoms. The zero-order valence-electron chi connectivity index (χ0n) is 15.7. The Labute approximate surface area is 140 Å². The standard InChI is InChI=1S/C21H42O/c1-4-6-8-9-10-11-12-13-14-15-16-17-18-19-21(3)22-20-7-5-2/h13-14,21H,4-12,15-20H2,1-3H3. The maximum absolute atomic E-state index is 5.78. The molecule has 0 aliphatic carbocycles. The van der Waals surface area contributed by atoms with Crippen molar-refractivity contribution in [3.63, 3.8) is 0 Å². The highest BCUT2D eigenvalue weighted by Crippen LogP contribution is 2.10. The van der Waals surface area contributed by atoms with Crippen LogP contribution in [0.15, 0.2) is 12.2 Å². The summed E-state index contributed by atoms with van der Waals surface area (Å²) in [7, 11) is 0. The first kappa shape index (κ1) is 21.7. The molecular formula is C21H42O. The third-order valence-corrected chi connectivity index (χ3v) is 4.27. The average molecular weight is 311 g/mol. The van der Waals surface area contributed by atoms with Gasteiger partial charge in [0.2, 0.25) is 0 Å². The Hall–Kier alpha value is -0.300. The number of hydrogen-bond donors (Lipinski definition) is 0. The zero-order chi connectivity index (χ0) is 16.3. The van der Waals surface area contributed by atoms with Crippen molar-refractivity contribution in [2.24, 2.45) is 0 Å². The molecule has 0 aromatic heterocycles. The lowest BCUT2D eigenvalue weighted by Gasteiger charge is -2.12. The molecular weight excluding hydrogens is 268 g/mol. The van der Waals surface area contributed by atoms with Crippen LogP contribution in [-0.4, -0.2) is 12.7 Å². The molecule has 0 fully saturated rings. The van der Waals surface area contributed by atoms with Crippen molar-refractivity contribution in [2.75, 3.05) is 6.61 Å². The molecule has 0 aromatic rings. The number of rotatable bonds is 17. The predicted octanol–water partition coefficient (Wildman–Crippen LogP) is 7.45. The van der Waals surface area contributed by atoms with Crippen LogP contribution in [0.5, 0.6) is 0 Å². The van der Waals surface area contributed by atoms with Gasteiger partial charge in [0.05, 0.1) is 6.10 Å². The van der Waals surface area contributed by atoms with Crippen molar-refractivity contribution in [3.05, 3.63) is 12.2 Å². The summed E-state index contributed by atoms with van der Waals surface area (Å²) >= 11 is 0. The minimum Gasteiger partial charge on any atom is -0.379 e. The molecule has 0 spiro atoms. The summed E-state index contributed by atoms with van der Waals surface area (Å²) < 4.78 is 5.78. The number of allylic oxidation sites excluding steroid dienone is 2. The molecule has 0 N–H and O–H groups in total. The van der Waals surface area contributed by atoms with E-state index in [2.05, 4.69) is 32.9 Å². The first-order chi connectivity index (χ1) is 10.8. The van der Waals surface area contributed by atoms with E-state index in [1.54, 1.807) is 0 Å². The fourth-order valence-electron chi connectivity index (χ4n) is 2.66. The van der Waals surface area contributed by atoms with Crippen LogP contribution in [0.2, 0.25) is 0 Å². The Kier molecular flexibility index (Phi) is 18.5. The summed E-state index contributed by atoms with van der Waals surface area (Å²) in [5.41, 5.74) is 0. The molecule has 0 bridgehead atoms. The van der Waals surface area contributed by atoms with Crippen molar-refractivity contribution in [1.29, 1.82) is 0 Å². The highest BCUT2D eigenvalue weighted by Gasteiger charge is 2.00. The highest BCUT2D eigenvalue weighted by molar-refractivity contribution is 4.81. The van der Waals surface area contributed by atoms with Crippen LogP contribution in [0, 0.1) is 0 Å². The fraction of sp³-hybridized carbons (Fsp3) is 0.905. The van der Waals surface area contributed by atoms with Crippen molar-refractivity contribution in [2.45, 2.75) is 117 Å². The van der Waals surface area contributed by atoms with Gasteiger partial charge in [0.25, 0.3) is 0 Å². The second-order valence-electron chi connectivity index (χ2n) is 6.70. The normalized spacial score (nSPS) is 13.0. The minimum absolute atomic E-state index is 0.454. The number of hydrogen-bond acceptors (Lipinski definition) is 1. The van der Waals surface area contributed by atoms with E-state index in [1.165, 1.54) is 89.9 Å². The van der Waals surface area contributed by atoms with Gasteiger partial charge in [0.15, 0.2) is 0 Å². The van der Waals surface area contributed by atoms with Gasteiger partial charge in [-0.1, -0.05) is 77.4 Å². The maximum Gasteiger partial charge on any atom is 0.0547 e. The lowest BCUT2D eigenvalue weighted by Crippen LogP contribution is -2.08. The highest BCUT2D eigenvalue weighted by atomic mass is 16.5. The SMILES string of the molecule is CCCCCCCCC=CCCCCCC(C)OCCCC. The van der Waals surface area contributed by atoms with Gasteiger partial charge in [0.1, 0.15) is 0 Å². The second kappa shape index (κ2) is 18.7. The van der Waals surface area contributed by atoms with E-state index in [1.807, 2.05) is 0 Å². The van der Waals surface area contributed by atoms with E-state index in [-0.39, 0.29) is 0 Å². The summed E-state index contributed by atoms with van der Waals surface area (Å²) in [6.45, 7) is 7.66. The Morgan fingerprint density at radius 2 is 1.23 bits per heavy atom. The smallest absolute Gasteiger partial charge is 0.0547 e. The van der Waals surface area contributed by atoms with Crippen LogP contribution in [0.25, 0.3) is 0 Å². The van der Waals surface area contributed by atoms with E-state index in [0.717, 1.165) is 6.61 Å². The van der Waals surface area contributed by atoms with Crippen molar-refractivity contribution in [1.82, 2.24) is 0 Å². The van der Waals surface area contributed by atoms with Crippen LogP contribution in [0.4, 0.5) is 0 Å². The van der Waals surface area contributed by atoms with Gasteiger partial charge in [-0.3, -0.25) is 0 Å². The van der Waals surface area contributed by atoms with Crippen molar-refractivity contribution < 1.29 is 4.74 Å². The lowest BCUT2D eigenvalue weighted by atomic mass is 10.1. The lowest BCUT2D eigenvalue weighted by molar-refractivity contribution is 0.0566. The molecule has 0 saturated carbocycles. The predicted molar refractivity (Wildman–Crippen MR) is 101 cm³/mol. The molecule has 0 aromatic carbocycles. The maximum atomic E-state index is 5.78. The second-order valence-corrected chi connectivity index (χ2v) is 6.70. The average Bonchev–Trinajstić information content (AvgIpc) is 2.52. The first-order valence-corrected chi connectivity index (χ1v) is 10.1. The van der Waals surface area contributed by atoms with Crippen LogP contribution in [0.3, 0.4) is 0 Å². The van der Waals surface area contributed by atoms with Crippen LogP contribution < -0.4 is 0 Å². The molecule has 0 rings (SSSR count). The van der Waals surface area contributed by atoms with Crippen molar-refractivity contribution >= 4 is 0 Å². The Bertz CT molecular complexity index is 222. The summed E-state index contributed by atoms with van der Waals surface area (Å²) in [6.07, 6.45) is 23.9. The fourth-order valence-corrected chi connectivity index (χ4v) is 2.66. The van der Waals surface area contributed by atoms with E-state index < -0.39 is 0 Å². The number of ether oxygens (including phenoxy) is 1. The van der Waals surface area contributed by atoms with Gasteiger partial charge < -0.3 is 4.74 Å². The van der Waals surface area contributed by atoms with Gasteiger partial charge in [-0.25, -0.2) is 0 Å². The summed E-state index contributed by atoms with van der Waals surface area (Å²) in [4.78, 5) is 0. The third-order valence-electron chi connectivity index (χ3n) is 4.27. The van der Waals surface area contributed by atoms with Gasteiger partial charge >= 0.3 is 0 Å². The Morgan fingerprint density at radius 3 is 1.86 bits per heavy atom. The van der Waals surface area contributed by atoms with Gasteiger partial charge in [0, 0.05) is 6.61 Å². The first-order valence-electron chi connectivity index (χ1n) is 10.1.